The number of hydrogen-bond acceptors (Lipinski definition) is 4. The van der Waals surface area contributed by atoms with Crippen molar-refractivity contribution >= 4 is 45.6 Å². The molecule has 9 heteroatoms. The number of ether oxygens (including phenoxy) is 1. The van der Waals surface area contributed by atoms with Crippen molar-refractivity contribution in [1.82, 2.24) is 4.72 Å². The molecule has 0 saturated carbocycles. The number of anilines is 1. The van der Waals surface area contributed by atoms with Crippen LogP contribution in [0.25, 0.3) is 0 Å². The van der Waals surface area contributed by atoms with E-state index in [1.807, 2.05) is 42.5 Å². The van der Waals surface area contributed by atoms with Crippen molar-refractivity contribution in [2.24, 2.45) is 10.7 Å². The van der Waals surface area contributed by atoms with Crippen molar-refractivity contribution in [3.63, 3.8) is 0 Å². The number of halogens is 1. The minimum atomic E-state index is -3.43. The number of sulfonamides is 1. The molecule has 0 atom stereocenters. The van der Waals surface area contributed by atoms with E-state index in [9.17, 15) is 8.42 Å². The van der Waals surface area contributed by atoms with Gasteiger partial charge in [-0.3, -0.25) is 4.99 Å². The van der Waals surface area contributed by atoms with Crippen LogP contribution in [0, 0.1) is 0 Å². The smallest absolute Gasteiger partial charge is 0.213 e. The van der Waals surface area contributed by atoms with Gasteiger partial charge < -0.3 is 15.8 Å². The van der Waals surface area contributed by atoms with Gasteiger partial charge in [-0.1, -0.05) is 42.5 Å². The number of hydrogen-bond donors (Lipinski definition) is 3. The summed E-state index contributed by atoms with van der Waals surface area (Å²) in [5.41, 5.74) is 7.35. The minimum Gasteiger partial charge on any atom is -0.495 e. The molecule has 2 aromatic carbocycles. The van der Waals surface area contributed by atoms with Crippen LogP contribution in [-0.2, 0) is 16.6 Å². The molecule has 0 heterocycles. The third-order valence-electron chi connectivity index (χ3n) is 3.35. The second kappa shape index (κ2) is 11.0. The van der Waals surface area contributed by atoms with Gasteiger partial charge in [0.25, 0.3) is 0 Å². The molecule has 2 rings (SSSR count). The average Bonchev–Trinajstić information content (AvgIpc) is 2.61. The van der Waals surface area contributed by atoms with Crippen LogP contribution in [0.3, 0.4) is 0 Å². The fourth-order valence-corrected chi connectivity index (χ4v) is 2.94. The van der Waals surface area contributed by atoms with Crippen molar-refractivity contribution in [2.45, 2.75) is 6.54 Å². The van der Waals surface area contributed by atoms with E-state index in [4.69, 9.17) is 10.5 Å². The molecule has 142 valence electrons. The molecular weight excluding hydrogens is 467 g/mol. The molecule has 0 spiro atoms. The van der Waals surface area contributed by atoms with Crippen LogP contribution in [0.2, 0.25) is 0 Å². The summed E-state index contributed by atoms with van der Waals surface area (Å²) < 4.78 is 31.7. The number of benzene rings is 2. The quantitative estimate of drug-likeness (QED) is 0.299. The highest BCUT2D eigenvalue weighted by Gasteiger charge is 2.09. The Morgan fingerprint density at radius 2 is 1.77 bits per heavy atom. The van der Waals surface area contributed by atoms with Gasteiger partial charge in [-0.25, -0.2) is 13.1 Å². The zero-order valence-electron chi connectivity index (χ0n) is 14.4. The summed E-state index contributed by atoms with van der Waals surface area (Å²) in [5.74, 6) is 0.606. The van der Waals surface area contributed by atoms with Crippen LogP contribution in [0.5, 0.6) is 5.75 Å². The number of aliphatic imine (C=N–C) groups is 1. The van der Waals surface area contributed by atoms with Crippen LogP contribution in [0.15, 0.2) is 59.6 Å². The largest absolute Gasteiger partial charge is 0.495 e. The molecule has 7 nitrogen and oxygen atoms in total. The standard InChI is InChI=1S/C17H22N4O3S.HI/c1-24-16-10-6-5-9-15(16)21-17(18)19-11-12-25(22,23)20-13-14-7-3-2-4-8-14;/h2-10,20H,11-13H2,1H3,(H3,18,19,21);1H. The molecule has 0 aliphatic carbocycles. The van der Waals surface area contributed by atoms with E-state index in [-0.39, 0.29) is 48.8 Å². The average molecular weight is 490 g/mol. The van der Waals surface area contributed by atoms with Crippen molar-refractivity contribution in [3.8, 4) is 5.75 Å². The summed E-state index contributed by atoms with van der Waals surface area (Å²) in [6.45, 7) is 0.305. The molecule has 0 amide bonds. The Bertz CT molecular complexity index is 814. The highest BCUT2D eigenvalue weighted by atomic mass is 127. The van der Waals surface area contributed by atoms with E-state index in [1.165, 1.54) is 0 Å². The lowest BCUT2D eigenvalue weighted by Gasteiger charge is -2.10. The SMILES string of the molecule is COc1ccccc1NC(N)=NCCS(=O)(=O)NCc1ccccc1.I. The van der Waals surface area contributed by atoms with Gasteiger partial charge >= 0.3 is 0 Å². The Balaban J connectivity index is 0.00000338. The maximum absolute atomic E-state index is 12.0. The van der Waals surface area contributed by atoms with Gasteiger partial charge in [-0.05, 0) is 17.7 Å². The summed E-state index contributed by atoms with van der Waals surface area (Å²) in [4.78, 5) is 4.04. The number of nitrogens with one attached hydrogen (secondary N) is 2. The number of para-hydroxylation sites is 2. The maximum Gasteiger partial charge on any atom is 0.213 e. The van der Waals surface area contributed by atoms with Gasteiger partial charge in [0, 0.05) is 6.54 Å². The summed E-state index contributed by atoms with van der Waals surface area (Å²) in [5, 5.41) is 2.89. The van der Waals surface area contributed by atoms with Gasteiger partial charge in [-0.2, -0.15) is 0 Å². The first-order valence-electron chi connectivity index (χ1n) is 7.71. The lowest BCUT2D eigenvalue weighted by Crippen LogP contribution is -2.29. The zero-order valence-corrected chi connectivity index (χ0v) is 17.5. The molecule has 2 aromatic rings. The highest BCUT2D eigenvalue weighted by molar-refractivity contribution is 14.0. The van der Waals surface area contributed by atoms with Crippen LogP contribution in [-0.4, -0.2) is 33.8 Å². The monoisotopic (exact) mass is 490 g/mol. The number of rotatable bonds is 8. The second-order valence-electron chi connectivity index (χ2n) is 5.22. The van der Waals surface area contributed by atoms with E-state index in [2.05, 4.69) is 15.0 Å². The first-order valence-corrected chi connectivity index (χ1v) is 9.36. The van der Waals surface area contributed by atoms with Crippen molar-refractivity contribution in [1.29, 1.82) is 0 Å². The summed E-state index contributed by atoms with van der Waals surface area (Å²) in [7, 11) is -1.87. The molecule has 4 N–H and O–H groups in total. The van der Waals surface area contributed by atoms with Crippen molar-refractivity contribution in [2.75, 3.05) is 24.7 Å². The lowest BCUT2D eigenvalue weighted by molar-refractivity contribution is 0.417. The normalized spacial score (nSPS) is 11.5. The molecule has 0 fully saturated rings. The molecule has 0 aliphatic rings. The van der Waals surface area contributed by atoms with Gasteiger partial charge in [-0.15, -0.1) is 24.0 Å². The Hall–Kier alpha value is -1.85. The van der Waals surface area contributed by atoms with Crippen LogP contribution in [0.1, 0.15) is 5.56 Å². The fraction of sp³-hybridized carbons (Fsp3) is 0.235. The number of guanidine groups is 1. The molecule has 0 aliphatic heterocycles. The first-order chi connectivity index (χ1) is 12.0. The second-order valence-corrected chi connectivity index (χ2v) is 7.14. The number of nitrogens with zero attached hydrogens (tertiary/aromatic N) is 1. The van der Waals surface area contributed by atoms with Crippen molar-refractivity contribution < 1.29 is 13.2 Å². The predicted octanol–water partition coefficient (Wildman–Crippen LogP) is 2.16. The zero-order chi connectivity index (χ0) is 18.1. The lowest BCUT2D eigenvalue weighted by atomic mass is 10.2. The Morgan fingerprint density at radius 3 is 2.46 bits per heavy atom. The van der Waals surface area contributed by atoms with Crippen LogP contribution < -0.4 is 20.5 Å². The van der Waals surface area contributed by atoms with Gasteiger partial charge in [0.1, 0.15) is 5.75 Å². The maximum atomic E-state index is 12.0. The van der Waals surface area contributed by atoms with Crippen LogP contribution >= 0.6 is 24.0 Å². The first kappa shape index (κ1) is 22.2. The Kier molecular flexibility index (Phi) is 9.38. The van der Waals surface area contributed by atoms with E-state index >= 15 is 0 Å². The third kappa shape index (κ3) is 7.58. The summed E-state index contributed by atoms with van der Waals surface area (Å²) in [6, 6.07) is 16.6. The number of methoxy groups -OCH3 is 1. The highest BCUT2D eigenvalue weighted by Crippen LogP contribution is 2.22. The predicted molar refractivity (Wildman–Crippen MR) is 116 cm³/mol. The van der Waals surface area contributed by atoms with Gasteiger partial charge in [0.2, 0.25) is 10.0 Å². The molecule has 0 saturated heterocycles. The van der Waals surface area contributed by atoms with E-state index < -0.39 is 10.0 Å². The minimum absolute atomic E-state index is 0. The van der Waals surface area contributed by atoms with E-state index in [1.54, 1.807) is 19.2 Å². The van der Waals surface area contributed by atoms with E-state index in [0.29, 0.717) is 11.4 Å². The Morgan fingerprint density at radius 1 is 1.12 bits per heavy atom. The topological polar surface area (TPSA) is 106 Å². The fourth-order valence-electron chi connectivity index (χ4n) is 2.07. The molecular formula is C17H23IN4O3S. The van der Waals surface area contributed by atoms with Gasteiger partial charge in [0.05, 0.1) is 25.1 Å². The summed E-state index contributed by atoms with van der Waals surface area (Å²) in [6.07, 6.45) is 0. The Labute approximate surface area is 171 Å². The molecule has 0 radical (unpaired) electrons. The van der Waals surface area contributed by atoms with E-state index in [0.717, 1.165) is 5.56 Å². The van der Waals surface area contributed by atoms with Crippen LogP contribution in [0.4, 0.5) is 5.69 Å². The molecule has 26 heavy (non-hydrogen) atoms. The third-order valence-corrected chi connectivity index (χ3v) is 4.66. The molecule has 0 unspecified atom stereocenters. The van der Waals surface area contributed by atoms with Crippen molar-refractivity contribution in [3.05, 3.63) is 60.2 Å². The summed E-state index contributed by atoms with van der Waals surface area (Å²) >= 11 is 0. The molecule has 0 aromatic heterocycles. The molecule has 0 bridgehead atoms. The van der Waals surface area contributed by atoms with Gasteiger partial charge in [0.15, 0.2) is 5.96 Å². The number of nitrogens with two attached hydrogens (primary N) is 1.